The topological polar surface area (TPSA) is 132 Å². The molecule has 75 heavy (non-hydrogen) atoms. The molecule has 438 valence electrons. The minimum Gasteiger partial charge on any atom is -0.465 e. The molecule has 12 heteroatoms. The molecule has 0 N–H and O–H groups in total. The van der Waals surface area contributed by atoms with Crippen molar-refractivity contribution >= 4 is 29.8 Å². The van der Waals surface area contributed by atoms with E-state index in [4.69, 9.17) is 18.9 Å². The third kappa shape index (κ3) is 34.0. The number of ether oxygens (including phenoxy) is 4. The molecule has 0 aromatic rings. The van der Waals surface area contributed by atoms with E-state index < -0.39 is 23.5 Å². The molecule has 0 aromatic carbocycles. The summed E-state index contributed by atoms with van der Waals surface area (Å²) >= 11 is 0. The molecule has 2 fully saturated rings. The number of esters is 4. The van der Waals surface area contributed by atoms with Crippen LogP contribution in [0.1, 0.15) is 286 Å². The van der Waals surface area contributed by atoms with Gasteiger partial charge in [-0.2, -0.15) is 0 Å². The summed E-state index contributed by atoms with van der Waals surface area (Å²) in [6.07, 6.45) is 38.7. The fourth-order valence-corrected chi connectivity index (χ4v) is 11.0. The Balaban J connectivity index is 1.80. The molecule has 2 saturated heterocycles. The van der Waals surface area contributed by atoms with Crippen LogP contribution in [-0.4, -0.2) is 122 Å². The van der Waals surface area contributed by atoms with E-state index in [1.165, 1.54) is 116 Å². The van der Waals surface area contributed by atoms with Gasteiger partial charge in [0.25, 0.3) is 0 Å². The van der Waals surface area contributed by atoms with Gasteiger partial charge in [0.05, 0.1) is 25.0 Å². The second kappa shape index (κ2) is 44.2. The maximum atomic E-state index is 13.6. The minimum atomic E-state index is -0.533. The molecule has 0 spiro atoms. The van der Waals surface area contributed by atoms with E-state index in [0.717, 1.165) is 122 Å². The lowest BCUT2D eigenvalue weighted by Crippen LogP contribution is -2.47. The highest BCUT2D eigenvalue weighted by Gasteiger charge is 2.39. The second-order valence-electron chi connectivity index (χ2n) is 23.6. The number of rotatable bonds is 48. The van der Waals surface area contributed by atoms with Crippen LogP contribution in [-0.2, 0) is 42.9 Å². The van der Waals surface area contributed by atoms with Crippen molar-refractivity contribution in [1.29, 1.82) is 0 Å². The summed E-state index contributed by atoms with van der Waals surface area (Å²) in [4.78, 5) is 71.7. The van der Waals surface area contributed by atoms with E-state index in [-0.39, 0.29) is 42.8 Å². The normalized spacial score (nSPS) is 16.5. The van der Waals surface area contributed by atoms with Gasteiger partial charge in [-0.15, -0.1) is 0 Å². The van der Waals surface area contributed by atoms with Crippen LogP contribution in [0.25, 0.3) is 0 Å². The molecule has 0 aliphatic carbocycles. The first-order valence-electron chi connectivity index (χ1n) is 31.8. The number of hydrogen-bond donors (Lipinski definition) is 0. The van der Waals surface area contributed by atoms with Crippen molar-refractivity contribution in [3.8, 4) is 0 Å². The monoisotopic (exact) mass is 1060 g/mol. The maximum Gasteiger partial charge on any atom is 0.323 e. The highest BCUT2D eigenvalue weighted by molar-refractivity contribution is 5.81. The van der Waals surface area contributed by atoms with Crippen LogP contribution in [0.3, 0.4) is 0 Å². The number of hydrogen-bond acceptors (Lipinski definition) is 11. The zero-order chi connectivity index (χ0) is 54.8. The quantitative estimate of drug-likeness (QED) is 0.0328. The Kier molecular flexibility index (Phi) is 40.3. The first-order chi connectivity index (χ1) is 36.3. The van der Waals surface area contributed by atoms with Gasteiger partial charge in [-0.1, -0.05) is 182 Å². The average Bonchev–Trinajstić information content (AvgIpc) is 3.80. The van der Waals surface area contributed by atoms with Gasteiger partial charge in [-0.05, 0) is 97.6 Å². The number of carbonyl (C=O) groups is 5. The zero-order valence-electron chi connectivity index (χ0n) is 49.9. The Bertz CT molecular complexity index is 1440. The van der Waals surface area contributed by atoms with Crippen LogP contribution in [0.5, 0.6) is 0 Å². The Morgan fingerprint density at radius 2 is 1.03 bits per heavy atom. The predicted molar refractivity (Wildman–Crippen MR) is 307 cm³/mol. The number of unbranched alkanes of at least 4 members (excludes halogenated alkanes) is 21. The van der Waals surface area contributed by atoms with E-state index >= 15 is 0 Å². The summed E-state index contributed by atoms with van der Waals surface area (Å²) in [5, 5.41) is 0. The van der Waals surface area contributed by atoms with E-state index in [2.05, 4.69) is 37.5 Å². The molecular formula is C63H117N3O9. The summed E-state index contributed by atoms with van der Waals surface area (Å²) in [6, 6.07) is -0.497. The lowest BCUT2D eigenvalue weighted by Gasteiger charge is -2.32. The SMILES string of the molecule is CCCCCCCCC(CCCCCCCC)OC(=O)CCCCCCCOC(=O)[C@@H]1C[C@H](OC(=O)CCC(=O)N2CCN(C)CC2)CN1CCCCCCC(C)(C)C(=O)OCCCC(CCCCC)CCCCC. The van der Waals surface area contributed by atoms with Crippen LogP contribution in [0.15, 0.2) is 0 Å². The second-order valence-corrected chi connectivity index (χ2v) is 23.6. The highest BCUT2D eigenvalue weighted by atomic mass is 16.6. The number of carbonyl (C=O) groups excluding carboxylic acids is 5. The van der Waals surface area contributed by atoms with E-state index in [1.807, 2.05) is 25.8 Å². The lowest BCUT2D eigenvalue weighted by atomic mass is 9.87. The van der Waals surface area contributed by atoms with Gasteiger partial charge in [-0.3, -0.25) is 28.9 Å². The zero-order valence-corrected chi connectivity index (χ0v) is 49.9. The molecule has 2 rings (SSSR count). The van der Waals surface area contributed by atoms with Crippen molar-refractivity contribution < 1.29 is 42.9 Å². The van der Waals surface area contributed by atoms with Crippen molar-refractivity contribution in [1.82, 2.24) is 14.7 Å². The molecule has 2 atom stereocenters. The summed E-state index contributed by atoms with van der Waals surface area (Å²) in [7, 11) is 2.05. The number of amides is 1. The van der Waals surface area contributed by atoms with Gasteiger partial charge in [-0.25, -0.2) is 0 Å². The highest BCUT2D eigenvalue weighted by Crippen LogP contribution is 2.29. The molecule has 0 radical (unpaired) electrons. The number of likely N-dealkylation sites (N-methyl/N-ethyl adjacent to an activating group) is 1. The Morgan fingerprint density at radius 1 is 0.520 bits per heavy atom. The van der Waals surface area contributed by atoms with Crippen LogP contribution >= 0.6 is 0 Å². The molecule has 0 aromatic heterocycles. The number of likely N-dealkylation sites (tertiary alicyclic amines) is 1. The Morgan fingerprint density at radius 3 is 1.65 bits per heavy atom. The molecule has 0 unspecified atom stereocenters. The molecule has 0 bridgehead atoms. The molecule has 1 amide bonds. The summed E-state index contributed by atoms with van der Waals surface area (Å²) < 4.78 is 23.7. The maximum absolute atomic E-state index is 13.6. The summed E-state index contributed by atoms with van der Waals surface area (Å²) in [5.74, 6) is -0.121. The van der Waals surface area contributed by atoms with Crippen molar-refractivity contribution in [2.45, 2.75) is 304 Å². The van der Waals surface area contributed by atoms with E-state index in [1.54, 1.807) is 0 Å². The largest absolute Gasteiger partial charge is 0.465 e. The third-order valence-corrected chi connectivity index (χ3v) is 16.1. The number of piperazine rings is 1. The van der Waals surface area contributed by atoms with Gasteiger partial charge in [0.15, 0.2) is 0 Å². The first-order valence-corrected chi connectivity index (χ1v) is 31.8. The fraction of sp³-hybridized carbons (Fsp3) is 0.921. The summed E-state index contributed by atoms with van der Waals surface area (Å²) in [6.45, 7) is 18.0. The average molecular weight is 1060 g/mol. The molecule has 12 nitrogen and oxygen atoms in total. The fourth-order valence-electron chi connectivity index (χ4n) is 11.0. The van der Waals surface area contributed by atoms with Crippen molar-refractivity contribution in [2.24, 2.45) is 11.3 Å². The number of nitrogens with zero attached hydrogens (tertiary/aromatic N) is 3. The van der Waals surface area contributed by atoms with Crippen LogP contribution in [0, 0.1) is 11.3 Å². The van der Waals surface area contributed by atoms with Gasteiger partial charge in [0.2, 0.25) is 5.91 Å². The van der Waals surface area contributed by atoms with Crippen molar-refractivity contribution in [2.75, 3.05) is 59.5 Å². The predicted octanol–water partition coefficient (Wildman–Crippen LogP) is 14.9. The Hall–Kier alpha value is -2.73. The van der Waals surface area contributed by atoms with Crippen LogP contribution in [0.4, 0.5) is 0 Å². The third-order valence-electron chi connectivity index (χ3n) is 16.1. The first kappa shape index (κ1) is 68.4. The lowest BCUT2D eigenvalue weighted by molar-refractivity contribution is -0.154. The minimum absolute atomic E-state index is 0.0201. The molecule has 2 heterocycles. The Labute approximate surface area is 460 Å². The van der Waals surface area contributed by atoms with Crippen molar-refractivity contribution in [3.05, 3.63) is 0 Å². The van der Waals surface area contributed by atoms with Gasteiger partial charge in [0.1, 0.15) is 18.2 Å². The standard InChI is InChI=1S/C63H117N3O9/c1-8-12-16-18-21-29-39-55(40-30-22-19-17-13-9-2)74-59(68)41-31-23-20-26-34-50-72-61(70)57-52-56(75-60(69)43-42-58(67)65-48-46-64(7)47-49-65)53-66(57)45-33-25-24-32-44-63(5,6)62(71)73-51-35-38-54(36-27-14-10-3)37-28-15-11-4/h54-57H,8-53H2,1-7H3/t56-,57-/m0/s1. The van der Waals surface area contributed by atoms with Crippen LogP contribution in [0.2, 0.25) is 0 Å². The van der Waals surface area contributed by atoms with Crippen LogP contribution < -0.4 is 0 Å². The summed E-state index contributed by atoms with van der Waals surface area (Å²) in [5.41, 5.74) is -0.533. The van der Waals surface area contributed by atoms with E-state index in [0.29, 0.717) is 52.2 Å². The van der Waals surface area contributed by atoms with Gasteiger partial charge >= 0.3 is 23.9 Å². The van der Waals surface area contributed by atoms with Gasteiger partial charge in [0, 0.05) is 52.0 Å². The molecular weight excluding hydrogens is 943 g/mol. The van der Waals surface area contributed by atoms with Gasteiger partial charge < -0.3 is 28.7 Å². The molecule has 2 aliphatic rings. The van der Waals surface area contributed by atoms with E-state index in [9.17, 15) is 24.0 Å². The molecule has 2 aliphatic heterocycles. The van der Waals surface area contributed by atoms with Crippen molar-refractivity contribution in [3.63, 3.8) is 0 Å². The smallest absolute Gasteiger partial charge is 0.323 e. The molecule has 0 saturated carbocycles.